The fourth-order valence-electron chi connectivity index (χ4n) is 1.45. The Morgan fingerprint density at radius 2 is 2.12 bits per heavy atom. The van der Waals surface area contributed by atoms with Gasteiger partial charge in [-0.2, -0.15) is 5.10 Å². The summed E-state index contributed by atoms with van der Waals surface area (Å²) in [4.78, 5) is 0. The van der Waals surface area contributed by atoms with Crippen LogP contribution in [0.15, 0.2) is 30.5 Å². The number of nitrogens with zero attached hydrogens (tertiary/aromatic N) is 2. The maximum Gasteiger partial charge on any atom is 0.180 e. The Balaban J connectivity index is 2.07. The topological polar surface area (TPSA) is 53.1 Å². The first-order chi connectivity index (χ1) is 7.65. The van der Waals surface area contributed by atoms with Gasteiger partial charge < -0.3 is 10.5 Å². The lowest BCUT2D eigenvalue weighted by molar-refractivity contribution is 0.220. The van der Waals surface area contributed by atoms with Gasteiger partial charge in [-0.3, -0.25) is 0 Å². The number of hydrogen-bond acceptors (Lipinski definition) is 3. The van der Waals surface area contributed by atoms with Gasteiger partial charge >= 0.3 is 0 Å². The highest BCUT2D eigenvalue weighted by Crippen LogP contribution is 2.19. The highest BCUT2D eigenvalue weighted by atomic mass is 16.5. The average Bonchev–Trinajstić information content (AvgIpc) is 2.66. The third-order valence-electron chi connectivity index (χ3n) is 2.36. The number of nitrogens with two attached hydrogens (primary N) is 1. The van der Waals surface area contributed by atoms with Crippen molar-refractivity contribution < 1.29 is 4.74 Å². The van der Waals surface area contributed by atoms with E-state index in [0.717, 1.165) is 11.3 Å². The Morgan fingerprint density at radius 1 is 1.31 bits per heavy atom. The van der Waals surface area contributed by atoms with Crippen LogP contribution in [0.1, 0.15) is 11.1 Å². The minimum atomic E-state index is 0.376. The first-order valence-corrected chi connectivity index (χ1v) is 5.14. The van der Waals surface area contributed by atoms with Gasteiger partial charge in [-0.05, 0) is 31.0 Å². The van der Waals surface area contributed by atoms with Gasteiger partial charge in [-0.1, -0.05) is 12.1 Å². The average molecular weight is 217 g/mol. The summed E-state index contributed by atoms with van der Waals surface area (Å²) in [5.74, 6) is 1.39. The largest absolute Gasteiger partial charge is 0.471 e. The van der Waals surface area contributed by atoms with E-state index in [4.69, 9.17) is 10.5 Å². The summed E-state index contributed by atoms with van der Waals surface area (Å²) >= 11 is 0. The molecule has 0 aliphatic heterocycles. The van der Waals surface area contributed by atoms with Crippen molar-refractivity contribution in [3.63, 3.8) is 0 Å². The highest BCUT2D eigenvalue weighted by Gasteiger charge is 2.00. The van der Waals surface area contributed by atoms with Crippen LogP contribution in [-0.4, -0.2) is 9.78 Å². The third kappa shape index (κ3) is 2.34. The van der Waals surface area contributed by atoms with Crippen LogP contribution in [0.3, 0.4) is 0 Å². The summed E-state index contributed by atoms with van der Waals surface area (Å²) in [7, 11) is 0. The zero-order chi connectivity index (χ0) is 11.5. The monoisotopic (exact) mass is 217 g/mol. The van der Waals surface area contributed by atoms with Crippen molar-refractivity contribution in [1.29, 1.82) is 0 Å². The molecular formula is C12H15N3O. The SMILES string of the molecule is Cc1ccc(C)c(OCn2ccc(N)n2)c1. The Labute approximate surface area is 94.6 Å². The van der Waals surface area contributed by atoms with Gasteiger partial charge in [0, 0.05) is 12.3 Å². The normalized spacial score (nSPS) is 10.4. The van der Waals surface area contributed by atoms with Crippen LogP contribution in [0.5, 0.6) is 5.75 Å². The van der Waals surface area contributed by atoms with E-state index in [0.29, 0.717) is 12.5 Å². The molecule has 0 spiro atoms. The van der Waals surface area contributed by atoms with Gasteiger partial charge in [-0.25, -0.2) is 4.68 Å². The number of benzene rings is 1. The Kier molecular flexibility index (Phi) is 2.81. The summed E-state index contributed by atoms with van der Waals surface area (Å²) < 4.78 is 7.33. The molecule has 1 heterocycles. The van der Waals surface area contributed by atoms with E-state index in [1.54, 1.807) is 16.9 Å². The van der Waals surface area contributed by atoms with Crippen molar-refractivity contribution in [2.45, 2.75) is 20.6 Å². The standard InChI is InChI=1S/C12H15N3O/c1-9-3-4-10(2)11(7-9)16-8-15-6-5-12(13)14-15/h3-7H,8H2,1-2H3,(H2,13,14). The van der Waals surface area contributed by atoms with E-state index in [2.05, 4.69) is 11.2 Å². The summed E-state index contributed by atoms with van der Waals surface area (Å²) in [5.41, 5.74) is 7.81. The van der Waals surface area contributed by atoms with Gasteiger partial charge in [0.15, 0.2) is 6.73 Å². The van der Waals surface area contributed by atoms with Crippen LogP contribution in [0.2, 0.25) is 0 Å². The molecule has 0 aliphatic carbocycles. The molecule has 0 unspecified atom stereocenters. The predicted octanol–water partition coefficient (Wildman–Crippen LogP) is 2.12. The number of aryl methyl sites for hydroxylation is 2. The van der Waals surface area contributed by atoms with Crippen molar-refractivity contribution >= 4 is 5.82 Å². The molecule has 1 aromatic heterocycles. The molecule has 1 aromatic carbocycles. The lowest BCUT2D eigenvalue weighted by Gasteiger charge is -2.09. The number of nitrogen functional groups attached to an aromatic ring is 1. The Hall–Kier alpha value is -1.97. The van der Waals surface area contributed by atoms with E-state index in [1.807, 2.05) is 26.0 Å². The molecule has 0 fully saturated rings. The minimum absolute atomic E-state index is 0.376. The van der Waals surface area contributed by atoms with Gasteiger partial charge in [0.1, 0.15) is 11.6 Å². The Bertz CT molecular complexity index is 491. The third-order valence-corrected chi connectivity index (χ3v) is 2.36. The van der Waals surface area contributed by atoms with Crippen molar-refractivity contribution in [3.8, 4) is 5.75 Å². The molecule has 0 atom stereocenters. The molecule has 2 aromatic rings. The molecule has 0 saturated heterocycles. The second-order valence-corrected chi connectivity index (χ2v) is 3.82. The molecule has 0 saturated carbocycles. The second-order valence-electron chi connectivity index (χ2n) is 3.82. The molecule has 0 aliphatic rings. The van der Waals surface area contributed by atoms with E-state index >= 15 is 0 Å². The lowest BCUT2D eigenvalue weighted by atomic mass is 10.1. The van der Waals surface area contributed by atoms with Crippen molar-refractivity contribution in [2.75, 3.05) is 5.73 Å². The van der Waals surface area contributed by atoms with Gasteiger partial charge in [0.25, 0.3) is 0 Å². The first-order valence-electron chi connectivity index (χ1n) is 5.14. The van der Waals surface area contributed by atoms with Gasteiger partial charge in [0.2, 0.25) is 0 Å². The molecule has 16 heavy (non-hydrogen) atoms. The number of anilines is 1. The van der Waals surface area contributed by atoms with Crippen molar-refractivity contribution in [1.82, 2.24) is 9.78 Å². The van der Waals surface area contributed by atoms with Crippen molar-refractivity contribution in [3.05, 3.63) is 41.6 Å². The second kappa shape index (κ2) is 4.26. The number of ether oxygens (including phenoxy) is 1. The zero-order valence-corrected chi connectivity index (χ0v) is 9.47. The summed E-state index contributed by atoms with van der Waals surface area (Å²) in [6, 6.07) is 7.87. The van der Waals surface area contributed by atoms with Gasteiger partial charge in [-0.15, -0.1) is 0 Å². The first kappa shape index (κ1) is 10.5. The van der Waals surface area contributed by atoms with E-state index in [1.165, 1.54) is 5.56 Å². The predicted molar refractivity (Wildman–Crippen MR) is 63.2 cm³/mol. The summed E-state index contributed by atoms with van der Waals surface area (Å²) in [6.07, 6.45) is 1.79. The highest BCUT2D eigenvalue weighted by molar-refractivity contribution is 5.35. The number of rotatable bonds is 3. The molecule has 84 valence electrons. The van der Waals surface area contributed by atoms with Crippen LogP contribution >= 0.6 is 0 Å². The van der Waals surface area contributed by atoms with Crippen LogP contribution in [-0.2, 0) is 6.73 Å². The summed E-state index contributed by atoms with van der Waals surface area (Å²) in [5, 5.41) is 4.05. The van der Waals surface area contributed by atoms with E-state index < -0.39 is 0 Å². The molecule has 0 bridgehead atoms. The maximum absolute atomic E-state index is 5.66. The fraction of sp³-hybridized carbons (Fsp3) is 0.250. The van der Waals surface area contributed by atoms with Crippen LogP contribution in [0, 0.1) is 13.8 Å². The van der Waals surface area contributed by atoms with E-state index in [9.17, 15) is 0 Å². The maximum atomic E-state index is 5.66. The van der Waals surface area contributed by atoms with Crippen LogP contribution in [0.25, 0.3) is 0 Å². The molecule has 4 heteroatoms. The van der Waals surface area contributed by atoms with Crippen LogP contribution < -0.4 is 10.5 Å². The molecule has 2 N–H and O–H groups in total. The minimum Gasteiger partial charge on any atom is -0.471 e. The lowest BCUT2D eigenvalue weighted by Crippen LogP contribution is -2.06. The van der Waals surface area contributed by atoms with E-state index in [-0.39, 0.29) is 0 Å². The molecule has 0 radical (unpaired) electrons. The Morgan fingerprint density at radius 3 is 2.81 bits per heavy atom. The quantitative estimate of drug-likeness (QED) is 0.856. The molecule has 4 nitrogen and oxygen atoms in total. The number of aromatic nitrogens is 2. The summed E-state index contributed by atoms with van der Waals surface area (Å²) in [6.45, 7) is 4.44. The van der Waals surface area contributed by atoms with Gasteiger partial charge in [0.05, 0.1) is 0 Å². The zero-order valence-electron chi connectivity index (χ0n) is 9.47. The molecule has 0 amide bonds. The smallest absolute Gasteiger partial charge is 0.180 e. The van der Waals surface area contributed by atoms with Crippen molar-refractivity contribution in [2.24, 2.45) is 0 Å². The number of hydrogen-bond donors (Lipinski definition) is 1. The van der Waals surface area contributed by atoms with Crippen LogP contribution in [0.4, 0.5) is 5.82 Å². The molecule has 2 rings (SSSR count). The molecular weight excluding hydrogens is 202 g/mol. The fourth-order valence-corrected chi connectivity index (χ4v) is 1.45.